The second-order valence-corrected chi connectivity index (χ2v) is 6.12. The minimum atomic E-state index is 0.174. The van der Waals surface area contributed by atoms with E-state index in [4.69, 9.17) is 11.6 Å². The molecule has 1 aliphatic heterocycles. The molecule has 0 amide bonds. The Hall–Kier alpha value is -0.840. The lowest BCUT2D eigenvalue weighted by Crippen LogP contribution is -2.32. The van der Waals surface area contributed by atoms with E-state index < -0.39 is 0 Å². The fourth-order valence-electron chi connectivity index (χ4n) is 2.63. The number of benzene rings is 1. The van der Waals surface area contributed by atoms with E-state index in [1.165, 1.54) is 0 Å². The second kappa shape index (κ2) is 5.27. The quantitative estimate of drug-likeness (QED) is 0.906. The van der Waals surface area contributed by atoms with Crippen molar-refractivity contribution in [1.29, 1.82) is 0 Å². The molecule has 3 rings (SSSR count). The number of halogens is 2. The van der Waals surface area contributed by atoms with Crippen molar-refractivity contribution in [1.82, 2.24) is 4.98 Å². The van der Waals surface area contributed by atoms with Gasteiger partial charge in [0, 0.05) is 16.4 Å². The number of aliphatic hydroxyl groups is 1. The molecular weight excluding hydrogens is 328 g/mol. The van der Waals surface area contributed by atoms with Crippen LogP contribution in [0, 0.1) is 0 Å². The summed E-state index contributed by atoms with van der Waals surface area (Å²) in [5.41, 5.74) is 0.811. The molecule has 1 aliphatic rings. The molecule has 1 fully saturated rings. The van der Waals surface area contributed by atoms with Crippen molar-refractivity contribution >= 4 is 44.3 Å². The highest BCUT2D eigenvalue weighted by molar-refractivity contribution is 9.10. The molecule has 2 aromatic rings. The van der Waals surface area contributed by atoms with Crippen molar-refractivity contribution in [3.8, 4) is 0 Å². The molecule has 3 nitrogen and oxygen atoms in total. The van der Waals surface area contributed by atoms with Crippen LogP contribution in [0.15, 0.2) is 28.7 Å². The zero-order valence-electron chi connectivity index (χ0n) is 10.3. The highest BCUT2D eigenvalue weighted by Gasteiger charge is 2.25. The van der Waals surface area contributed by atoms with E-state index in [9.17, 15) is 5.11 Å². The number of aliphatic hydroxyl groups excluding tert-OH is 1. The topological polar surface area (TPSA) is 36.4 Å². The van der Waals surface area contributed by atoms with Crippen LogP contribution in [-0.2, 0) is 0 Å². The van der Waals surface area contributed by atoms with Crippen molar-refractivity contribution in [3.63, 3.8) is 0 Å². The molecule has 0 spiro atoms. The summed E-state index contributed by atoms with van der Waals surface area (Å²) >= 11 is 9.68. The summed E-state index contributed by atoms with van der Waals surface area (Å²) < 4.78 is 0.953. The van der Waals surface area contributed by atoms with Gasteiger partial charge in [-0.2, -0.15) is 0 Å². The zero-order chi connectivity index (χ0) is 13.4. The highest BCUT2D eigenvalue weighted by atomic mass is 79.9. The van der Waals surface area contributed by atoms with Crippen LogP contribution in [0.4, 0.5) is 5.82 Å². The first kappa shape index (κ1) is 13.2. The van der Waals surface area contributed by atoms with Gasteiger partial charge in [-0.15, -0.1) is 0 Å². The van der Waals surface area contributed by atoms with Crippen LogP contribution in [-0.4, -0.2) is 29.3 Å². The van der Waals surface area contributed by atoms with Gasteiger partial charge in [-0.25, -0.2) is 4.98 Å². The van der Waals surface area contributed by atoms with Crippen molar-refractivity contribution in [2.75, 3.05) is 18.1 Å². The third-order valence-corrected chi connectivity index (χ3v) is 4.32. The highest BCUT2D eigenvalue weighted by Crippen LogP contribution is 2.30. The lowest BCUT2D eigenvalue weighted by molar-refractivity contribution is 0.266. The van der Waals surface area contributed by atoms with Crippen LogP contribution in [0.1, 0.15) is 12.8 Å². The standard InChI is InChI=1S/C14H14BrClN2O/c15-10-6-9-3-4-13(17-14(9)12(16)7-10)18-5-1-2-11(18)8-19/h3-4,6-7,11,19H,1-2,5,8H2. The van der Waals surface area contributed by atoms with Crippen LogP contribution in [0.25, 0.3) is 10.9 Å². The van der Waals surface area contributed by atoms with Gasteiger partial charge in [-0.05, 0) is 37.1 Å². The summed E-state index contributed by atoms with van der Waals surface area (Å²) in [6.45, 7) is 1.12. The summed E-state index contributed by atoms with van der Waals surface area (Å²) in [5, 5.41) is 11.1. The summed E-state index contributed by atoms with van der Waals surface area (Å²) in [4.78, 5) is 6.82. The van der Waals surface area contributed by atoms with Crippen LogP contribution in [0.5, 0.6) is 0 Å². The maximum atomic E-state index is 9.40. The summed E-state index contributed by atoms with van der Waals surface area (Å²) in [6, 6.07) is 8.07. The van der Waals surface area contributed by atoms with E-state index in [1.807, 2.05) is 24.3 Å². The summed E-state index contributed by atoms with van der Waals surface area (Å²) in [7, 11) is 0. The van der Waals surface area contributed by atoms with Gasteiger partial charge in [0.1, 0.15) is 5.82 Å². The second-order valence-electron chi connectivity index (χ2n) is 4.80. The van der Waals surface area contributed by atoms with Gasteiger partial charge in [-0.1, -0.05) is 27.5 Å². The molecule has 1 aromatic carbocycles. The van der Waals surface area contributed by atoms with Crippen molar-refractivity contribution in [2.24, 2.45) is 0 Å². The molecule has 100 valence electrons. The molecule has 19 heavy (non-hydrogen) atoms. The Kier molecular flexibility index (Phi) is 3.65. The number of pyridine rings is 1. The minimum Gasteiger partial charge on any atom is -0.394 e. The first-order valence-electron chi connectivity index (χ1n) is 6.32. The monoisotopic (exact) mass is 340 g/mol. The fraction of sp³-hybridized carbons (Fsp3) is 0.357. The van der Waals surface area contributed by atoms with Gasteiger partial charge in [0.15, 0.2) is 0 Å². The Balaban J connectivity index is 2.06. The van der Waals surface area contributed by atoms with Crippen molar-refractivity contribution < 1.29 is 5.11 Å². The SMILES string of the molecule is OCC1CCCN1c1ccc2cc(Br)cc(Cl)c2n1. The van der Waals surface area contributed by atoms with E-state index in [2.05, 4.69) is 25.8 Å². The van der Waals surface area contributed by atoms with Gasteiger partial charge in [0.25, 0.3) is 0 Å². The van der Waals surface area contributed by atoms with E-state index in [-0.39, 0.29) is 12.6 Å². The van der Waals surface area contributed by atoms with Crippen LogP contribution in [0.2, 0.25) is 5.02 Å². The Morgan fingerprint density at radius 2 is 2.26 bits per heavy atom. The van der Waals surface area contributed by atoms with Gasteiger partial charge < -0.3 is 10.0 Å². The van der Waals surface area contributed by atoms with Crippen LogP contribution < -0.4 is 4.90 Å². The molecule has 1 N–H and O–H groups in total. The van der Waals surface area contributed by atoms with Crippen molar-refractivity contribution in [3.05, 3.63) is 33.8 Å². The molecule has 1 aromatic heterocycles. The Morgan fingerprint density at radius 3 is 3.05 bits per heavy atom. The molecule has 0 saturated carbocycles. The van der Waals surface area contributed by atoms with Crippen LogP contribution >= 0.6 is 27.5 Å². The first-order chi connectivity index (χ1) is 9.19. The zero-order valence-corrected chi connectivity index (χ0v) is 12.7. The van der Waals surface area contributed by atoms with Gasteiger partial charge in [-0.3, -0.25) is 0 Å². The number of hydrogen-bond acceptors (Lipinski definition) is 3. The normalized spacial score (nSPS) is 19.3. The lowest BCUT2D eigenvalue weighted by atomic mass is 10.2. The maximum absolute atomic E-state index is 9.40. The molecule has 1 saturated heterocycles. The van der Waals surface area contributed by atoms with Crippen molar-refractivity contribution in [2.45, 2.75) is 18.9 Å². The van der Waals surface area contributed by atoms with Gasteiger partial charge in [0.2, 0.25) is 0 Å². The molecular formula is C14H14BrClN2O. The Bertz CT molecular complexity index is 620. The number of hydrogen-bond donors (Lipinski definition) is 1. The molecule has 0 radical (unpaired) electrons. The van der Waals surface area contributed by atoms with Crippen LogP contribution in [0.3, 0.4) is 0 Å². The Labute approximate surface area is 125 Å². The average molecular weight is 342 g/mol. The number of nitrogens with zero attached hydrogens (tertiary/aromatic N) is 2. The molecule has 2 heterocycles. The molecule has 1 atom stereocenters. The largest absolute Gasteiger partial charge is 0.394 e. The predicted molar refractivity (Wildman–Crippen MR) is 81.9 cm³/mol. The third kappa shape index (κ3) is 2.45. The van der Waals surface area contributed by atoms with E-state index >= 15 is 0 Å². The molecule has 0 aliphatic carbocycles. The summed E-state index contributed by atoms with van der Waals surface area (Å²) in [6.07, 6.45) is 2.11. The number of anilines is 1. The van der Waals surface area contributed by atoms with E-state index in [0.29, 0.717) is 5.02 Å². The predicted octanol–water partition coefficient (Wildman–Crippen LogP) is 3.61. The first-order valence-corrected chi connectivity index (χ1v) is 7.49. The maximum Gasteiger partial charge on any atom is 0.129 e. The molecule has 0 bridgehead atoms. The van der Waals surface area contributed by atoms with E-state index in [0.717, 1.165) is 40.6 Å². The molecule has 1 unspecified atom stereocenters. The third-order valence-electron chi connectivity index (χ3n) is 3.58. The summed E-state index contributed by atoms with van der Waals surface area (Å²) in [5.74, 6) is 0.897. The smallest absolute Gasteiger partial charge is 0.129 e. The lowest BCUT2D eigenvalue weighted by Gasteiger charge is -2.24. The Morgan fingerprint density at radius 1 is 1.42 bits per heavy atom. The fourth-order valence-corrected chi connectivity index (χ4v) is 3.51. The van der Waals surface area contributed by atoms with Gasteiger partial charge >= 0.3 is 0 Å². The number of rotatable bonds is 2. The minimum absolute atomic E-state index is 0.174. The number of fused-ring (bicyclic) bond motifs is 1. The average Bonchev–Trinajstić information content (AvgIpc) is 2.86. The molecule has 5 heteroatoms. The number of aromatic nitrogens is 1. The van der Waals surface area contributed by atoms with E-state index in [1.54, 1.807) is 0 Å². The van der Waals surface area contributed by atoms with Gasteiger partial charge in [0.05, 0.1) is 23.2 Å².